The van der Waals surface area contributed by atoms with Crippen molar-refractivity contribution >= 4 is 28.9 Å². The maximum Gasteiger partial charge on any atom is 0.344 e. The number of aliphatic imine (C=N–C) groups is 1. The summed E-state index contributed by atoms with van der Waals surface area (Å²) in [6, 6.07) is 5.97. The van der Waals surface area contributed by atoms with Crippen LogP contribution >= 0.6 is 0 Å². The zero-order valence-corrected chi connectivity index (χ0v) is 11.7. The van der Waals surface area contributed by atoms with Gasteiger partial charge in [0.25, 0.3) is 0 Å². The Morgan fingerprint density at radius 3 is 3.09 bits per heavy atom. The minimum Gasteiger partial charge on any atom is -0.477 e. The molecule has 1 aliphatic rings. The second-order valence-electron chi connectivity index (χ2n) is 4.52. The average Bonchev–Trinajstić information content (AvgIpc) is 3.18. The van der Waals surface area contributed by atoms with Gasteiger partial charge in [0, 0.05) is 0 Å². The van der Waals surface area contributed by atoms with Gasteiger partial charge in [-0.25, -0.2) is 14.6 Å². The number of ether oxygens (including phenoxy) is 2. The fourth-order valence-electron chi connectivity index (χ4n) is 2.02. The summed E-state index contributed by atoms with van der Waals surface area (Å²) in [7, 11) is 1.29. The van der Waals surface area contributed by atoms with Gasteiger partial charge in [0.2, 0.25) is 5.90 Å². The molecule has 0 bridgehead atoms. The van der Waals surface area contributed by atoms with Crippen LogP contribution in [0.5, 0.6) is 0 Å². The molecule has 0 aliphatic carbocycles. The summed E-state index contributed by atoms with van der Waals surface area (Å²) in [4.78, 5) is 27.4. The fraction of sp³-hybridized carbons (Fsp3) is 0.308. The molecule has 1 aromatic heterocycles. The van der Waals surface area contributed by atoms with E-state index in [1.807, 2.05) is 6.07 Å². The molecule has 0 saturated heterocycles. The number of methoxy groups -OCH3 is 1. The number of hydrogen-bond donors (Lipinski definition) is 1. The van der Waals surface area contributed by atoms with E-state index < -0.39 is 18.0 Å². The first-order chi connectivity index (χ1) is 10.7. The molecule has 1 atom stereocenters. The highest BCUT2D eigenvalue weighted by molar-refractivity contribution is 5.91. The molecule has 2 heterocycles. The van der Waals surface area contributed by atoms with Crippen LogP contribution in [0.15, 0.2) is 29.3 Å². The summed E-state index contributed by atoms with van der Waals surface area (Å²) < 4.78 is 11.0. The Kier molecular flexibility index (Phi) is 3.69. The predicted molar refractivity (Wildman–Crippen MR) is 75.5 cm³/mol. The van der Waals surface area contributed by atoms with Gasteiger partial charge in [0.05, 0.1) is 19.2 Å². The monoisotopic (exact) mass is 303 g/mol. The summed E-state index contributed by atoms with van der Waals surface area (Å²) in [6.07, 6.45) is 0. The largest absolute Gasteiger partial charge is 0.477 e. The van der Waals surface area contributed by atoms with Crippen molar-refractivity contribution in [3.63, 3.8) is 0 Å². The van der Waals surface area contributed by atoms with Crippen LogP contribution in [0.4, 0.5) is 4.79 Å². The molecule has 22 heavy (non-hydrogen) atoms. The first kappa shape index (κ1) is 14.0. The van der Waals surface area contributed by atoms with Crippen LogP contribution in [0.2, 0.25) is 0 Å². The summed E-state index contributed by atoms with van der Waals surface area (Å²) >= 11 is 0. The average molecular weight is 303 g/mol. The standard InChI is InChI=1S/C13H13N5O4/c1-21-12(19)9-7-22-11(15-9)6-14-13(20)18-10-5-3-2-4-8(10)16-17-18/h2-5,9H,6-7H2,1H3,(H,14,20). The van der Waals surface area contributed by atoms with Gasteiger partial charge in [-0.1, -0.05) is 17.3 Å². The van der Waals surface area contributed by atoms with Crippen LogP contribution < -0.4 is 5.32 Å². The molecule has 1 aromatic carbocycles. The number of carbonyl (C=O) groups excluding carboxylic acids is 2. The molecule has 9 nitrogen and oxygen atoms in total. The number of nitrogens with zero attached hydrogens (tertiary/aromatic N) is 4. The van der Waals surface area contributed by atoms with Crippen LogP contribution in [0.3, 0.4) is 0 Å². The van der Waals surface area contributed by atoms with Gasteiger partial charge in [-0.2, -0.15) is 4.68 Å². The molecule has 3 rings (SSSR count). The van der Waals surface area contributed by atoms with Crippen molar-refractivity contribution in [3.05, 3.63) is 24.3 Å². The van der Waals surface area contributed by atoms with Gasteiger partial charge in [0.1, 0.15) is 12.1 Å². The molecule has 1 amide bonds. The highest BCUT2D eigenvalue weighted by atomic mass is 16.5. The number of rotatable bonds is 3. The molecule has 9 heteroatoms. The van der Waals surface area contributed by atoms with Gasteiger partial charge in [-0.3, -0.25) is 0 Å². The van der Waals surface area contributed by atoms with Crippen LogP contribution in [-0.2, 0) is 14.3 Å². The van der Waals surface area contributed by atoms with Gasteiger partial charge in [-0.15, -0.1) is 5.10 Å². The number of aromatic nitrogens is 3. The molecule has 1 aliphatic heterocycles. The molecule has 0 fully saturated rings. The molecule has 1 N–H and O–H groups in total. The Morgan fingerprint density at radius 1 is 1.45 bits per heavy atom. The van der Waals surface area contributed by atoms with Crippen molar-refractivity contribution in [1.29, 1.82) is 0 Å². The summed E-state index contributed by atoms with van der Waals surface area (Å²) in [5.41, 5.74) is 1.22. The van der Waals surface area contributed by atoms with E-state index in [-0.39, 0.29) is 19.0 Å². The lowest BCUT2D eigenvalue weighted by Gasteiger charge is -2.04. The Morgan fingerprint density at radius 2 is 2.27 bits per heavy atom. The van der Waals surface area contributed by atoms with E-state index in [1.54, 1.807) is 18.2 Å². The summed E-state index contributed by atoms with van der Waals surface area (Å²) in [6.45, 7) is 0.171. The van der Waals surface area contributed by atoms with Gasteiger partial charge in [-0.05, 0) is 12.1 Å². The Hall–Kier alpha value is -2.97. The Balaban J connectivity index is 1.65. The van der Waals surface area contributed by atoms with Crippen molar-refractivity contribution in [2.24, 2.45) is 4.99 Å². The molecular formula is C13H13N5O4. The third-order valence-corrected chi connectivity index (χ3v) is 3.12. The quantitative estimate of drug-likeness (QED) is 0.797. The summed E-state index contributed by atoms with van der Waals surface area (Å²) in [5, 5.41) is 10.3. The molecule has 0 radical (unpaired) electrons. The minimum atomic E-state index is -0.677. The van der Waals surface area contributed by atoms with E-state index >= 15 is 0 Å². The SMILES string of the molecule is COC(=O)C1COC(CNC(=O)n2nnc3ccccc32)=N1. The van der Waals surface area contributed by atoms with Gasteiger partial charge >= 0.3 is 12.0 Å². The van der Waals surface area contributed by atoms with E-state index in [2.05, 4.69) is 25.4 Å². The fourth-order valence-corrected chi connectivity index (χ4v) is 2.02. The van der Waals surface area contributed by atoms with E-state index in [1.165, 1.54) is 7.11 Å². The number of carbonyl (C=O) groups is 2. The zero-order valence-electron chi connectivity index (χ0n) is 11.7. The molecule has 1 unspecified atom stereocenters. The lowest BCUT2D eigenvalue weighted by atomic mass is 10.3. The highest BCUT2D eigenvalue weighted by Crippen LogP contribution is 2.09. The molecular weight excluding hydrogens is 290 g/mol. The summed E-state index contributed by atoms with van der Waals surface area (Å²) in [5.74, 6) is -0.197. The third-order valence-electron chi connectivity index (χ3n) is 3.12. The second-order valence-corrected chi connectivity index (χ2v) is 4.52. The predicted octanol–water partition coefficient (Wildman–Crippen LogP) is -0.0407. The number of para-hydroxylation sites is 1. The van der Waals surface area contributed by atoms with E-state index in [9.17, 15) is 9.59 Å². The van der Waals surface area contributed by atoms with Crippen molar-refractivity contribution < 1.29 is 19.1 Å². The lowest BCUT2D eigenvalue weighted by Crippen LogP contribution is -2.33. The molecule has 2 aromatic rings. The number of benzene rings is 1. The van der Waals surface area contributed by atoms with E-state index in [0.29, 0.717) is 11.0 Å². The number of esters is 1. The Labute approximate surface area is 124 Å². The number of fused-ring (bicyclic) bond motifs is 1. The van der Waals surface area contributed by atoms with Gasteiger partial charge < -0.3 is 14.8 Å². The number of amides is 1. The molecule has 114 valence electrons. The van der Waals surface area contributed by atoms with Crippen molar-refractivity contribution in [3.8, 4) is 0 Å². The molecule has 0 saturated carbocycles. The number of hydrogen-bond acceptors (Lipinski definition) is 7. The van der Waals surface area contributed by atoms with E-state index in [0.717, 1.165) is 4.68 Å². The highest BCUT2D eigenvalue weighted by Gasteiger charge is 2.26. The van der Waals surface area contributed by atoms with Crippen LogP contribution in [-0.4, -0.2) is 59.2 Å². The van der Waals surface area contributed by atoms with Crippen LogP contribution in [0, 0.1) is 0 Å². The van der Waals surface area contributed by atoms with Crippen molar-refractivity contribution in [2.75, 3.05) is 20.3 Å². The second kappa shape index (κ2) is 5.80. The maximum absolute atomic E-state index is 12.1. The first-order valence-corrected chi connectivity index (χ1v) is 6.55. The Bertz CT molecular complexity index is 754. The number of nitrogens with one attached hydrogen (secondary N) is 1. The van der Waals surface area contributed by atoms with Crippen LogP contribution in [0.25, 0.3) is 11.0 Å². The third kappa shape index (κ3) is 2.60. The van der Waals surface area contributed by atoms with E-state index in [4.69, 9.17) is 4.74 Å². The molecule has 0 spiro atoms. The minimum absolute atomic E-state index is 0.0561. The van der Waals surface area contributed by atoms with Gasteiger partial charge in [0.15, 0.2) is 6.04 Å². The van der Waals surface area contributed by atoms with Crippen molar-refractivity contribution in [2.45, 2.75) is 6.04 Å². The smallest absolute Gasteiger partial charge is 0.344 e. The zero-order chi connectivity index (χ0) is 15.5. The normalized spacial score (nSPS) is 17.0. The van der Waals surface area contributed by atoms with Crippen molar-refractivity contribution in [1.82, 2.24) is 20.3 Å². The van der Waals surface area contributed by atoms with Crippen LogP contribution in [0.1, 0.15) is 0 Å². The maximum atomic E-state index is 12.1. The topological polar surface area (TPSA) is 108 Å². The lowest BCUT2D eigenvalue weighted by molar-refractivity contribution is -0.142. The first-order valence-electron chi connectivity index (χ1n) is 6.55.